The molecule has 212 valence electrons. The lowest BCUT2D eigenvalue weighted by atomic mass is 9.75. The smallest absolute Gasteiger partial charge is 0.222 e. The zero-order chi connectivity index (χ0) is 29.2. The summed E-state index contributed by atoms with van der Waals surface area (Å²) in [7, 11) is 0. The molecule has 0 aliphatic heterocycles. The van der Waals surface area contributed by atoms with Crippen LogP contribution in [0.2, 0.25) is 5.02 Å². The number of aliphatic hydroxyl groups is 1. The monoisotopic (exact) mass is 632 g/mol. The molecule has 2 unspecified atom stereocenters. The fourth-order valence-corrected chi connectivity index (χ4v) is 5.47. The highest BCUT2D eigenvalue weighted by Crippen LogP contribution is 2.43. The van der Waals surface area contributed by atoms with Crippen molar-refractivity contribution in [3.63, 3.8) is 0 Å². The summed E-state index contributed by atoms with van der Waals surface area (Å²) < 4.78 is 13.0. The van der Waals surface area contributed by atoms with Crippen molar-refractivity contribution in [1.29, 1.82) is 0 Å². The summed E-state index contributed by atoms with van der Waals surface area (Å²) >= 11 is 9.87. The van der Waals surface area contributed by atoms with E-state index in [-0.39, 0.29) is 6.61 Å². The van der Waals surface area contributed by atoms with E-state index in [0.29, 0.717) is 23.1 Å². The number of hydrogen-bond acceptors (Lipinski definition) is 5. The van der Waals surface area contributed by atoms with Gasteiger partial charge in [0, 0.05) is 32.9 Å². The molecule has 1 aromatic heterocycles. The second-order valence-electron chi connectivity index (χ2n) is 9.75. The predicted octanol–water partition coefficient (Wildman–Crippen LogP) is 8.87. The highest BCUT2D eigenvalue weighted by molar-refractivity contribution is 9.10. The summed E-state index contributed by atoms with van der Waals surface area (Å²) in [5.41, 5.74) is 0.993. The Morgan fingerprint density at radius 1 is 0.976 bits per heavy atom. The summed E-state index contributed by atoms with van der Waals surface area (Å²) in [6.45, 7) is 12.2. The average Bonchev–Trinajstić information content (AvgIpc) is 2.98. The summed E-state index contributed by atoms with van der Waals surface area (Å²) in [5, 5.41) is 14.2. The minimum absolute atomic E-state index is 0.0426. The minimum atomic E-state index is -1.35. The van der Waals surface area contributed by atoms with E-state index in [1.54, 1.807) is 12.4 Å². The van der Waals surface area contributed by atoms with Crippen LogP contribution in [0.5, 0.6) is 11.6 Å². The van der Waals surface area contributed by atoms with Gasteiger partial charge in [0.1, 0.15) is 18.0 Å². The van der Waals surface area contributed by atoms with Crippen LogP contribution in [0.15, 0.2) is 122 Å². The van der Waals surface area contributed by atoms with Crippen LogP contribution in [0, 0.1) is 0 Å². The number of para-hydroxylation sites is 1. The van der Waals surface area contributed by atoms with Gasteiger partial charge in [0.05, 0.1) is 11.8 Å². The van der Waals surface area contributed by atoms with E-state index in [2.05, 4.69) is 35.7 Å². The maximum atomic E-state index is 12.7. The molecule has 1 heterocycles. The fraction of sp³-hybridized carbons (Fsp3) is 0.206. The first-order valence-electron chi connectivity index (χ1n) is 13.4. The summed E-state index contributed by atoms with van der Waals surface area (Å²) in [6.07, 6.45) is 6.82. The van der Waals surface area contributed by atoms with Crippen molar-refractivity contribution >= 4 is 38.4 Å². The van der Waals surface area contributed by atoms with Crippen LogP contribution in [0.1, 0.15) is 36.3 Å². The van der Waals surface area contributed by atoms with Crippen molar-refractivity contribution in [2.45, 2.75) is 30.8 Å². The molecule has 41 heavy (non-hydrogen) atoms. The van der Waals surface area contributed by atoms with Gasteiger partial charge in [-0.3, -0.25) is 0 Å². The lowest BCUT2D eigenvalue weighted by Gasteiger charge is -2.37. The zero-order valence-electron chi connectivity index (χ0n) is 22.9. The lowest BCUT2D eigenvalue weighted by molar-refractivity contribution is -0.0282. The molecule has 1 N–H and O–H groups in total. The Balaban J connectivity index is 1.83. The molecular formula is C34H34BrClN2O3. The minimum Gasteiger partial charge on any atom is -0.491 e. The largest absolute Gasteiger partial charge is 0.491 e. The number of ether oxygens (including phenoxy) is 2. The quantitative estimate of drug-likeness (QED) is 0.105. The van der Waals surface area contributed by atoms with Gasteiger partial charge in [0.2, 0.25) is 5.88 Å². The SMILES string of the molecule is C=COc1nc2ccc(Br)cc2cc1C(c1ccc(Cl)cc1)C(O)(CCCCN(C=C)C=C)COc1ccccc1. The fourth-order valence-electron chi connectivity index (χ4n) is 4.97. The van der Waals surface area contributed by atoms with Crippen molar-refractivity contribution in [3.8, 4) is 11.6 Å². The van der Waals surface area contributed by atoms with Crippen LogP contribution in [0.25, 0.3) is 10.9 Å². The first-order chi connectivity index (χ1) is 19.9. The van der Waals surface area contributed by atoms with E-state index in [1.807, 2.05) is 83.8 Å². The van der Waals surface area contributed by atoms with Crippen molar-refractivity contribution in [2.75, 3.05) is 13.2 Å². The molecule has 0 spiro atoms. The van der Waals surface area contributed by atoms with Gasteiger partial charge in [-0.2, -0.15) is 0 Å². The lowest BCUT2D eigenvalue weighted by Crippen LogP contribution is -2.43. The highest BCUT2D eigenvalue weighted by atomic mass is 79.9. The Morgan fingerprint density at radius 2 is 1.71 bits per heavy atom. The van der Waals surface area contributed by atoms with Gasteiger partial charge < -0.3 is 19.5 Å². The van der Waals surface area contributed by atoms with Crippen LogP contribution in [0.3, 0.4) is 0 Å². The third-order valence-electron chi connectivity index (χ3n) is 6.99. The number of rotatable bonds is 15. The normalized spacial score (nSPS) is 13.1. The Bertz CT molecular complexity index is 1470. The number of halogens is 2. The van der Waals surface area contributed by atoms with Crippen LogP contribution in [-0.2, 0) is 0 Å². The van der Waals surface area contributed by atoms with Gasteiger partial charge in [-0.15, -0.1) is 0 Å². The van der Waals surface area contributed by atoms with Gasteiger partial charge >= 0.3 is 0 Å². The van der Waals surface area contributed by atoms with Crippen molar-refractivity contribution < 1.29 is 14.6 Å². The topological polar surface area (TPSA) is 54.8 Å². The Labute approximate surface area is 255 Å². The Kier molecular flexibility index (Phi) is 10.6. The van der Waals surface area contributed by atoms with Crippen molar-refractivity contribution in [2.24, 2.45) is 0 Å². The van der Waals surface area contributed by atoms with Crippen molar-refractivity contribution in [3.05, 3.63) is 138 Å². The van der Waals surface area contributed by atoms with Crippen LogP contribution >= 0.6 is 27.5 Å². The van der Waals surface area contributed by atoms with E-state index in [9.17, 15) is 5.11 Å². The van der Waals surface area contributed by atoms with E-state index < -0.39 is 11.5 Å². The summed E-state index contributed by atoms with van der Waals surface area (Å²) in [6, 6.07) is 24.9. The molecule has 0 aliphatic carbocycles. The highest BCUT2D eigenvalue weighted by Gasteiger charge is 2.41. The summed E-state index contributed by atoms with van der Waals surface area (Å²) in [4.78, 5) is 6.75. The second kappa shape index (κ2) is 14.4. The molecule has 0 radical (unpaired) electrons. The van der Waals surface area contributed by atoms with E-state index in [0.717, 1.165) is 45.9 Å². The second-order valence-corrected chi connectivity index (χ2v) is 11.1. The standard InChI is InChI=1S/C34H34BrClN2O3/c1-4-38(5-2)21-11-10-20-34(39,24-41-29-12-8-7-9-13-29)32(25-14-17-28(36)18-15-25)30-23-26-22-27(35)16-19-31(26)37-33(30)40-6-3/h4-9,12-19,22-23,32,39H,1-3,10-11,20-21,24H2. The molecule has 5 nitrogen and oxygen atoms in total. The molecule has 0 fully saturated rings. The van der Waals surface area contributed by atoms with Gasteiger partial charge in [-0.1, -0.05) is 77.6 Å². The molecule has 2 atom stereocenters. The molecule has 0 bridgehead atoms. The number of hydrogen-bond donors (Lipinski definition) is 1. The average molecular weight is 634 g/mol. The molecule has 3 aromatic carbocycles. The molecule has 0 amide bonds. The molecular weight excluding hydrogens is 600 g/mol. The maximum absolute atomic E-state index is 12.7. The molecule has 4 aromatic rings. The van der Waals surface area contributed by atoms with Crippen molar-refractivity contribution in [1.82, 2.24) is 9.88 Å². The Hall–Kier alpha value is -3.58. The number of pyridine rings is 1. The maximum Gasteiger partial charge on any atom is 0.222 e. The van der Waals surface area contributed by atoms with E-state index >= 15 is 0 Å². The van der Waals surface area contributed by atoms with Gasteiger partial charge in [0.25, 0.3) is 0 Å². The molecule has 0 saturated heterocycles. The first kappa shape index (κ1) is 30.4. The number of aromatic nitrogens is 1. The third kappa shape index (κ3) is 7.79. The number of fused-ring (bicyclic) bond motifs is 1. The molecule has 4 rings (SSSR count). The zero-order valence-corrected chi connectivity index (χ0v) is 25.2. The molecule has 0 aliphatic rings. The predicted molar refractivity (Wildman–Crippen MR) is 171 cm³/mol. The van der Waals surface area contributed by atoms with Crippen LogP contribution in [-0.4, -0.2) is 33.7 Å². The van der Waals surface area contributed by atoms with Crippen LogP contribution < -0.4 is 9.47 Å². The first-order valence-corrected chi connectivity index (χ1v) is 14.6. The van der Waals surface area contributed by atoms with E-state index in [1.165, 1.54) is 6.26 Å². The molecule has 7 heteroatoms. The van der Waals surface area contributed by atoms with Crippen LogP contribution in [0.4, 0.5) is 0 Å². The van der Waals surface area contributed by atoms with Gasteiger partial charge in [-0.05, 0) is 85.8 Å². The number of nitrogens with zero attached hydrogens (tertiary/aromatic N) is 2. The van der Waals surface area contributed by atoms with Gasteiger partial charge in [-0.25, -0.2) is 4.98 Å². The molecule has 0 saturated carbocycles. The Morgan fingerprint density at radius 3 is 2.39 bits per heavy atom. The van der Waals surface area contributed by atoms with Gasteiger partial charge in [0.15, 0.2) is 0 Å². The number of unbranched alkanes of at least 4 members (excludes halogenated alkanes) is 1. The van der Waals surface area contributed by atoms with E-state index in [4.69, 9.17) is 26.1 Å². The summed E-state index contributed by atoms with van der Waals surface area (Å²) in [5.74, 6) is 0.482. The third-order valence-corrected chi connectivity index (χ3v) is 7.74. The number of benzene rings is 3.